The monoisotopic (exact) mass is 386 g/mol. The highest BCUT2D eigenvalue weighted by atomic mass is 35.5. The SMILES string of the molecule is CC(C)(C)OC(=O)N1CCN(C2CCOc3c2ccc(Cl)c3Cl)CC1. The Hall–Kier alpha value is -1.17. The van der Waals surface area contributed by atoms with Crippen LogP contribution < -0.4 is 4.74 Å². The average molecular weight is 387 g/mol. The van der Waals surface area contributed by atoms with Gasteiger partial charge in [0.05, 0.1) is 11.6 Å². The van der Waals surface area contributed by atoms with Gasteiger partial charge in [-0.1, -0.05) is 29.3 Å². The van der Waals surface area contributed by atoms with Crippen molar-refractivity contribution < 1.29 is 14.3 Å². The van der Waals surface area contributed by atoms with Gasteiger partial charge in [-0.3, -0.25) is 4.90 Å². The molecule has 1 aromatic rings. The number of ether oxygens (including phenoxy) is 2. The molecule has 1 saturated heterocycles. The van der Waals surface area contributed by atoms with Crippen molar-refractivity contribution in [3.05, 3.63) is 27.7 Å². The van der Waals surface area contributed by atoms with Gasteiger partial charge in [0.2, 0.25) is 0 Å². The third-order valence-corrected chi connectivity index (χ3v) is 5.27. The second kappa shape index (κ2) is 7.22. The van der Waals surface area contributed by atoms with Crippen molar-refractivity contribution in [2.24, 2.45) is 0 Å². The summed E-state index contributed by atoms with van der Waals surface area (Å²) < 4.78 is 11.2. The van der Waals surface area contributed by atoms with Crippen molar-refractivity contribution in [1.29, 1.82) is 0 Å². The van der Waals surface area contributed by atoms with Crippen LogP contribution >= 0.6 is 23.2 Å². The molecule has 25 heavy (non-hydrogen) atoms. The molecule has 1 atom stereocenters. The van der Waals surface area contributed by atoms with Crippen molar-refractivity contribution in [2.45, 2.75) is 38.8 Å². The first-order chi connectivity index (χ1) is 11.8. The van der Waals surface area contributed by atoms with Crippen molar-refractivity contribution in [3.8, 4) is 5.75 Å². The van der Waals surface area contributed by atoms with Crippen LogP contribution in [0.15, 0.2) is 12.1 Å². The zero-order valence-corrected chi connectivity index (χ0v) is 16.4. The first kappa shape index (κ1) is 18.6. The fourth-order valence-electron chi connectivity index (χ4n) is 3.31. The summed E-state index contributed by atoms with van der Waals surface area (Å²) in [5.41, 5.74) is 0.607. The second-order valence-corrected chi connectivity index (χ2v) is 8.22. The molecule has 5 nitrogen and oxygen atoms in total. The van der Waals surface area contributed by atoms with E-state index in [2.05, 4.69) is 4.90 Å². The van der Waals surface area contributed by atoms with E-state index in [9.17, 15) is 4.79 Å². The fraction of sp³-hybridized carbons (Fsp3) is 0.611. The summed E-state index contributed by atoms with van der Waals surface area (Å²) in [4.78, 5) is 16.4. The van der Waals surface area contributed by atoms with Gasteiger partial charge in [0.25, 0.3) is 0 Å². The van der Waals surface area contributed by atoms with Crippen LogP contribution in [0.4, 0.5) is 4.79 Å². The highest BCUT2D eigenvalue weighted by Gasteiger charge is 2.33. The zero-order chi connectivity index (χ0) is 18.2. The van der Waals surface area contributed by atoms with Gasteiger partial charge in [-0.15, -0.1) is 0 Å². The van der Waals surface area contributed by atoms with Gasteiger partial charge in [-0.05, 0) is 26.8 Å². The summed E-state index contributed by atoms with van der Waals surface area (Å²) in [6, 6.07) is 4.05. The molecule has 0 spiro atoms. The molecule has 1 unspecified atom stereocenters. The number of rotatable bonds is 1. The summed E-state index contributed by atoms with van der Waals surface area (Å²) in [5, 5.41) is 0.993. The number of hydrogen-bond acceptors (Lipinski definition) is 4. The number of carbonyl (C=O) groups excluding carboxylic acids is 1. The van der Waals surface area contributed by atoms with Crippen LogP contribution in [0.1, 0.15) is 38.8 Å². The summed E-state index contributed by atoms with van der Waals surface area (Å²) in [7, 11) is 0. The maximum Gasteiger partial charge on any atom is 0.410 e. The number of halogens is 2. The van der Waals surface area contributed by atoms with Crippen molar-refractivity contribution in [1.82, 2.24) is 9.80 Å². The van der Waals surface area contributed by atoms with Crippen molar-refractivity contribution >= 4 is 29.3 Å². The smallest absolute Gasteiger partial charge is 0.410 e. The lowest BCUT2D eigenvalue weighted by molar-refractivity contribution is 0.00779. The molecule has 3 rings (SSSR count). The first-order valence-corrected chi connectivity index (χ1v) is 9.34. The van der Waals surface area contributed by atoms with E-state index < -0.39 is 5.60 Å². The van der Waals surface area contributed by atoms with Gasteiger partial charge < -0.3 is 14.4 Å². The standard InChI is InChI=1S/C18H24Cl2N2O3/c1-18(2,3)25-17(23)22-9-7-21(8-10-22)14-6-11-24-16-12(14)4-5-13(19)15(16)20/h4-5,14H,6-11H2,1-3H3. The Kier molecular flexibility index (Phi) is 5.37. The van der Waals surface area contributed by atoms with Gasteiger partial charge in [-0.25, -0.2) is 4.79 Å². The minimum Gasteiger partial charge on any atom is -0.492 e. The minimum atomic E-state index is -0.468. The second-order valence-electron chi connectivity index (χ2n) is 7.44. The van der Waals surface area contributed by atoms with Crippen molar-refractivity contribution in [3.63, 3.8) is 0 Å². The van der Waals surface area contributed by atoms with E-state index in [4.69, 9.17) is 32.7 Å². The van der Waals surface area contributed by atoms with E-state index in [1.54, 1.807) is 4.90 Å². The molecule has 2 heterocycles. The Morgan fingerprint density at radius 2 is 1.88 bits per heavy atom. The van der Waals surface area contributed by atoms with Gasteiger partial charge in [0.1, 0.15) is 16.4 Å². The Morgan fingerprint density at radius 1 is 1.20 bits per heavy atom. The van der Waals surface area contributed by atoms with Gasteiger partial charge >= 0.3 is 6.09 Å². The van der Waals surface area contributed by atoms with Crippen LogP contribution in [0.2, 0.25) is 10.0 Å². The zero-order valence-electron chi connectivity index (χ0n) is 14.8. The Balaban J connectivity index is 1.67. The van der Waals surface area contributed by atoms with E-state index in [-0.39, 0.29) is 12.1 Å². The van der Waals surface area contributed by atoms with Crippen LogP contribution in [0, 0.1) is 0 Å². The normalized spacial score (nSPS) is 21.5. The molecular weight excluding hydrogens is 363 g/mol. The predicted octanol–water partition coefficient (Wildman–Crippen LogP) is 4.37. The molecule has 1 fully saturated rings. The van der Waals surface area contributed by atoms with Crippen LogP contribution in [0.25, 0.3) is 0 Å². The Labute approximate surface area is 158 Å². The number of nitrogens with zero attached hydrogens (tertiary/aromatic N) is 2. The number of fused-ring (bicyclic) bond motifs is 1. The first-order valence-electron chi connectivity index (χ1n) is 8.59. The molecular formula is C18H24Cl2N2O3. The summed E-state index contributed by atoms with van der Waals surface area (Å²) in [6.07, 6.45) is 0.659. The molecule has 138 valence electrons. The lowest BCUT2D eigenvalue weighted by Gasteiger charge is -2.41. The van der Waals surface area contributed by atoms with Gasteiger partial charge in [0.15, 0.2) is 0 Å². The Bertz CT molecular complexity index is 652. The molecule has 2 aliphatic heterocycles. The largest absolute Gasteiger partial charge is 0.492 e. The van der Waals surface area contributed by atoms with Crippen LogP contribution in [0.3, 0.4) is 0 Å². The number of amides is 1. The summed E-state index contributed by atoms with van der Waals surface area (Å²) >= 11 is 12.4. The fourth-order valence-corrected chi connectivity index (χ4v) is 3.68. The average Bonchev–Trinajstić information content (AvgIpc) is 2.56. The van der Waals surface area contributed by atoms with E-state index in [1.807, 2.05) is 32.9 Å². The third kappa shape index (κ3) is 4.15. The maximum atomic E-state index is 12.2. The number of hydrogen-bond donors (Lipinski definition) is 0. The minimum absolute atomic E-state index is 0.235. The van der Waals surface area contributed by atoms with Crippen molar-refractivity contribution in [2.75, 3.05) is 32.8 Å². The number of piperazine rings is 1. The van der Waals surface area contributed by atoms with E-state index >= 15 is 0 Å². The van der Waals surface area contributed by atoms with E-state index in [0.29, 0.717) is 35.5 Å². The maximum absolute atomic E-state index is 12.2. The van der Waals surface area contributed by atoms with E-state index in [0.717, 1.165) is 25.1 Å². The van der Waals surface area contributed by atoms with Crippen LogP contribution in [-0.2, 0) is 4.74 Å². The molecule has 2 aliphatic rings. The predicted molar refractivity (Wildman–Crippen MR) is 98.7 cm³/mol. The summed E-state index contributed by atoms with van der Waals surface area (Å²) in [5.74, 6) is 0.694. The molecule has 0 aliphatic carbocycles. The molecule has 0 N–H and O–H groups in total. The summed E-state index contributed by atoms with van der Waals surface area (Å²) in [6.45, 7) is 9.17. The van der Waals surface area contributed by atoms with E-state index in [1.165, 1.54) is 0 Å². The topological polar surface area (TPSA) is 42.0 Å². The highest BCUT2D eigenvalue weighted by molar-refractivity contribution is 6.43. The molecule has 0 radical (unpaired) electrons. The van der Waals surface area contributed by atoms with Crippen LogP contribution in [0.5, 0.6) is 5.75 Å². The third-order valence-electron chi connectivity index (χ3n) is 4.48. The lowest BCUT2D eigenvalue weighted by Crippen LogP contribution is -2.51. The molecule has 0 bridgehead atoms. The van der Waals surface area contributed by atoms with Crippen LogP contribution in [-0.4, -0.2) is 54.3 Å². The highest BCUT2D eigenvalue weighted by Crippen LogP contribution is 2.43. The van der Waals surface area contributed by atoms with Gasteiger partial charge in [0, 0.05) is 44.2 Å². The van der Waals surface area contributed by atoms with Gasteiger partial charge in [-0.2, -0.15) is 0 Å². The number of carbonyl (C=O) groups is 1. The molecule has 0 aromatic heterocycles. The molecule has 1 aromatic carbocycles. The quantitative estimate of drug-likeness (QED) is 0.718. The lowest BCUT2D eigenvalue weighted by atomic mass is 9.98. The number of benzene rings is 1. The molecule has 7 heteroatoms. The molecule has 0 saturated carbocycles. The molecule has 1 amide bonds. The Morgan fingerprint density at radius 3 is 2.52 bits per heavy atom.